The molecule has 0 saturated carbocycles. The number of aromatic nitrogens is 1. The molecule has 1 heterocycles. The number of halogens is 1. The molecule has 0 radical (unpaired) electrons. The van der Waals surface area contributed by atoms with Gasteiger partial charge in [-0.05, 0) is 36.1 Å². The third-order valence-corrected chi connectivity index (χ3v) is 4.67. The van der Waals surface area contributed by atoms with Crippen LogP contribution in [-0.4, -0.2) is 23.5 Å². The standard InChI is InChI=1S/C21H21ClN2O3/c22-18-9-3-1-6-16(18)13-24-20(25)14-27-21(26)11-5-7-15-12-23-19-10-4-2-8-17(15)19/h1-4,6,8-10,12,23H,5,7,11,13-14H2,(H,24,25). The Morgan fingerprint density at radius 3 is 2.67 bits per heavy atom. The Bertz CT molecular complexity index is 936. The predicted molar refractivity (Wildman–Crippen MR) is 105 cm³/mol. The van der Waals surface area contributed by atoms with E-state index in [1.54, 1.807) is 6.07 Å². The smallest absolute Gasteiger partial charge is 0.306 e. The van der Waals surface area contributed by atoms with E-state index in [0.29, 0.717) is 18.0 Å². The minimum atomic E-state index is -0.372. The normalized spacial score (nSPS) is 10.7. The maximum atomic E-state index is 11.8. The number of amides is 1. The average Bonchev–Trinajstić information content (AvgIpc) is 3.09. The first-order valence-electron chi connectivity index (χ1n) is 8.84. The molecular weight excluding hydrogens is 364 g/mol. The van der Waals surface area contributed by atoms with Crippen LogP contribution in [0.5, 0.6) is 0 Å². The Balaban J connectivity index is 1.36. The summed E-state index contributed by atoms with van der Waals surface area (Å²) < 4.78 is 5.04. The fourth-order valence-electron chi connectivity index (χ4n) is 2.87. The van der Waals surface area contributed by atoms with Crippen LogP contribution < -0.4 is 5.32 Å². The van der Waals surface area contributed by atoms with E-state index in [0.717, 1.165) is 17.5 Å². The number of esters is 1. The summed E-state index contributed by atoms with van der Waals surface area (Å²) in [5.74, 6) is -0.720. The highest BCUT2D eigenvalue weighted by Crippen LogP contribution is 2.19. The molecular formula is C21H21ClN2O3. The van der Waals surface area contributed by atoms with Gasteiger partial charge < -0.3 is 15.0 Å². The van der Waals surface area contributed by atoms with Gasteiger partial charge in [-0.1, -0.05) is 48.0 Å². The van der Waals surface area contributed by atoms with Crippen molar-refractivity contribution in [2.24, 2.45) is 0 Å². The Kier molecular flexibility index (Phi) is 6.49. The second kappa shape index (κ2) is 9.24. The zero-order chi connectivity index (χ0) is 19.1. The van der Waals surface area contributed by atoms with Gasteiger partial charge in [0.2, 0.25) is 0 Å². The summed E-state index contributed by atoms with van der Waals surface area (Å²) in [7, 11) is 0. The molecule has 140 valence electrons. The Hall–Kier alpha value is -2.79. The van der Waals surface area contributed by atoms with Crippen molar-refractivity contribution < 1.29 is 14.3 Å². The lowest BCUT2D eigenvalue weighted by atomic mass is 10.1. The molecule has 0 aliphatic heterocycles. The average molecular weight is 385 g/mol. The highest BCUT2D eigenvalue weighted by atomic mass is 35.5. The molecule has 1 amide bonds. The number of nitrogens with one attached hydrogen (secondary N) is 2. The number of H-pyrrole nitrogens is 1. The van der Waals surface area contributed by atoms with Crippen molar-refractivity contribution in [3.63, 3.8) is 0 Å². The van der Waals surface area contributed by atoms with E-state index in [4.69, 9.17) is 16.3 Å². The quantitative estimate of drug-likeness (QED) is 0.576. The minimum absolute atomic E-state index is 0.275. The van der Waals surface area contributed by atoms with Crippen molar-refractivity contribution in [1.82, 2.24) is 10.3 Å². The van der Waals surface area contributed by atoms with Gasteiger partial charge in [0, 0.05) is 35.1 Å². The van der Waals surface area contributed by atoms with Crippen LogP contribution in [0.15, 0.2) is 54.7 Å². The molecule has 5 nitrogen and oxygen atoms in total. The lowest BCUT2D eigenvalue weighted by molar-refractivity contribution is -0.148. The summed E-state index contributed by atoms with van der Waals surface area (Å²) in [6.07, 6.45) is 3.69. The van der Waals surface area contributed by atoms with Crippen molar-refractivity contribution in [3.8, 4) is 0 Å². The first-order valence-corrected chi connectivity index (χ1v) is 9.22. The van der Waals surface area contributed by atoms with E-state index in [1.807, 2.05) is 42.6 Å². The topological polar surface area (TPSA) is 71.2 Å². The number of carbonyl (C=O) groups is 2. The zero-order valence-electron chi connectivity index (χ0n) is 14.8. The van der Waals surface area contributed by atoms with E-state index in [1.165, 1.54) is 10.9 Å². The van der Waals surface area contributed by atoms with E-state index in [2.05, 4.69) is 16.4 Å². The molecule has 3 aromatic rings. The number of fused-ring (bicyclic) bond motifs is 1. The molecule has 2 aromatic carbocycles. The van der Waals surface area contributed by atoms with Gasteiger partial charge >= 0.3 is 5.97 Å². The SMILES string of the molecule is O=C(COC(=O)CCCc1c[nH]c2ccccc12)NCc1ccccc1Cl. The predicted octanol–water partition coefficient (Wildman–Crippen LogP) is 4.00. The molecule has 0 saturated heterocycles. The number of hydrogen-bond acceptors (Lipinski definition) is 3. The van der Waals surface area contributed by atoms with Crippen LogP contribution in [0.25, 0.3) is 10.9 Å². The fraction of sp³-hybridized carbons (Fsp3) is 0.238. The molecule has 0 unspecified atom stereocenters. The van der Waals surface area contributed by atoms with Crippen LogP contribution in [0.4, 0.5) is 0 Å². The maximum Gasteiger partial charge on any atom is 0.306 e. The molecule has 0 aliphatic carbocycles. The molecule has 0 bridgehead atoms. The number of ether oxygens (including phenoxy) is 1. The molecule has 3 rings (SSSR count). The van der Waals surface area contributed by atoms with Gasteiger partial charge in [-0.25, -0.2) is 0 Å². The third-order valence-electron chi connectivity index (χ3n) is 4.30. The highest BCUT2D eigenvalue weighted by molar-refractivity contribution is 6.31. The lowest BCUT2D eigenvalue weighted by Gasteiger charge is -2.08. The fourth-order valence-corrected chi connectivity index (χ4v) is 3.07. The summed E-state index contributed by atoms with van der Waals surface area (Å²) in [6.45, 7) is 0.0208. The molecule has 0 spiro atoms. The van der Waals surface area contributed by atoms with Crippen molar-refractivity contribution in [2.75, 3.05) is 6.61 Å². The zero-order valence-corrected chi connectivity index (χ0v) is 15.6. The van der Waals surface area contributed by atoms with Gasteiger partial charge in [-0.15, -0.1) is 0 Å². The lowest BCUT2D eigenvalue weighted by Crippen LogP contribution is -2.28. The van der Waals surface area contributed by atoms with Gasteiger partial charge in [0.15, 0.2) is 6.61 Å². The second-order valence-corrected chi connectivity index (χ2v) is 6.65. The summed E-state index contributed by atoms with van der Waals surface area (Å²) in [5, 5.41) is 4.45. The molecule has 1 aromatic heterocycles. The number of para-hydroxylation sites is 1. The van der Waals surface area contributed by atoms with Gasteiger partial charge in [0.1, 0.15) is 0 Å². The van der Waals surface area contributed by atoms with Crippen molar-refractivity contribution in [1.29, 1.82) is 0 Å². The molecule has 0 fully saturated rings. The second-order valence-electron chi connectivity index (χ2n) is 6.24. The van der Waals surface area contributed by atoms with Crippen molar-refractivity contribution in [3.05, 3.63) is 70.9 Å². The monoisotopic (exact) mass is 384 g/mol. The van der Waals surface area contributed by atoms with Crippen molar-refractivity contribution in [2.45, 2.75) is 25.8 Å². The van der Waals surface area contributed by atoms with Gasteiger partial charge in [0.25, 0.3) is 5.91 Å². The Morgan fingerprint density at radius 1 is 1.04 bits per heavy atom. The Morgan fingerprint density at radius 2 is 1.81 bits per heavy atom. The summed E-state index contributed by atoms with van der Waals surface area (Å²) in [5.41, 5.74) is 3.08. The number of aromatic amines is 1. The number of carbonyl (C=O) groups excluding carboxylic acids is 2. The van der Waals surface area contributed by atoms with Crippen LogP contribution >= 0.6 is 11.6 Å². The van der Waals surface area contributed by atoms with Crippen LogP contribution in [0, 0.1) is 0 Å². The molecule has 2 N–H and O–H groups in total. The van der Waals surface area contributed by atoms with Crippen LogP contribution in [0.3, 0.4) is 0 Å². The van der Waals surface area contributed by atoms with Crippen LogP contribution in [-0.2, 0) is 27.3 Å². The van der Waals surface area contributed by atoms with Gasteiger partial charge in [0.05, 0.1) is 0 Å². The molecule has 0 atom stereocenters. The van der Waals surface area contributed by atoms with Gasteiger partial charge in [-0.2, -0.15) is 0 Å². The first-order chi connectivity index (χ1) is 13.1. The molecule has 0 aliphatic rings. The summed E-state index contributed by atoms with van der Waals surface area (Å²) in [4.78, 5) is 26.9. The van der Waals surface area contributed by atoms with E-state index < -0.39 is 0 Å². The number of rotatable bonds is 8. The van der Waals surface area contributed by atoms with Crippen molar-refractivity contribution >= 4 is 34.4 Å². The largest absolute Gasteiger partial charge is 0.456 e. The maximum absolute atomic E-state index is 11.8. The highest BCUT2D eigenvalue weighted by Gasteiger charge is 2.09. The Labute approximate surface area is 162 Å². The minimum Gasteiger partial charge on any atom is -0.456 e. The summed E-state index contributed by atoms with van der Waals surface area (Å²) >= 11 is 6.03. The third kappa shape index (κ3) is 5.34. The first kappa shape index (κ1) is 19.0. The summed E-state index contributed by atoms with van der Waals surface area (Å²) in [6, 6.07) is 15.3. The van der Waals surface area contributed by atoms with E-state index >= 15 is 0 Å². The van der Waals surface area contributed by atoms with Crippen LogP contribution in [0.2, 0.25) is 5.02 Å². The number of hydrogen-bond donors (Lipinski definition) is 2. The number of aryl methyl sites for hydroxylation is 1. The van der Waals surface area contributed by atoms with E-state index in [9.17, 15) is 9.59 Å². The van der Waals surface area contributed by atoms with Gasteiger partial charge in [-0.3, -0.25) is 9.59 Å². The number of benzene rings is 2. The molecule has 6 heteroatoms. The van der Waals surface area contributed by atoms with E-state index in [-0.39, 0.29) is 24.9 Å². The molecule has 27 heavy (non-hydrogen) atoms. The van der Waals surface area contributed by atoms with Crippen LogP contribution in [0.1, 0.15) is 24.0 Å².